The van der Waals surface area contributed by atoms with Crippen LogP contribution in [0.15, 0.2) is 29.3 Å². The lowest BCUT2D eigenvalue weighted by Crippen LogP contribution is -2.42. The number of aliphatic imine (C=N–C) groups is 1. The first kappa shape index (κ1) is 22.0. The number of guanidine groups is 1. The van der Waals surface area contributed by atoms with E-state index in [0.29, 0.717) is 30.1 Å². The summed E-state index contributed by atoms with van der Waals surface area (Å²) in [5, 5.41) is 9.67. The Morgan fingerprint density at radius 1 is 1.23 bits per heavy atom. The van der Waals surface area contributed by atoms with Crippen molar-refractivity contribution in [3.8, 4) is 0 Å². The molecule has 1 aromatic rings. The highest BCUT2D eigenvalue weighted by atomic mass is 16.1. The molecule has 1 aromatic carbocycles. The normalized spacial score (nSPS) is 13.2. The van der Waals surface area contributed by atoms with Crippen LogP contribution in [-0.2, 0) is 6.54 Å². The van der Waals surface area contributed by atoms with Gasteiger partial charge in [0.1, 0.15) is 0 Å². The molecule has 0 aromatic heterocycles. The van der Waals surface area contributed by atoms with Crippen molar-refractivity contribution >= 4 is 11.9 Å². The summed E-state index contributed by atoms with van der Waals surface area (Å²) in [7, 11) is 1.78. The average molecular weight is 361 g/mol. The Bertz CT molecular complexity index is 590. The highest BCUT2D eigenvalue weighted by molar-refractivity contribution is 5.94. The number of amides is 1. The van der Waals surface area contributed by atoms with Crippen LogP contribution < -0.4 is 16.0 Å². The molecule has 1 amide bonds. The Kier molecular flexibility index (Phi) is 9.17. The third kappa shape index (κ3) is 8.88. The van der Waals surface area contributed by atoms with E-state index in [9.17, 15) is 4.79 Å². The number of hydrogen-bond donors (Lipinski definition) is 3. The van der Waals surface area contributed by atoms with Crippen LogP contribution in [0.5, 0.6) is 0 Å². The first-order chi connectivity index (χ1) is 12.2. The molecule has 1 rings (SSSR count). The molecule has 146 valence electrons. The Morgan fingerprint density at radius 3 is 2.58 bits per heavy atom. The van der Waals surface area contributed by atoms with E-state index in [1.807, 2.05) is 31.2 Å². The van der Waals surface area contributed by atoms with Gasteiger partial charge >= 0.3 is 0 Å². The zero-order valence-electron chi connectivity index (χ0n) is 17.3. The molecule has 26 heavy (non-hydrogen) atoms. The number of nitrogens with zero attached hydrogens (tertiary/aromatic N) is 1. The van der Waals surface area contributed by atoms with E-state index in [1.54, 1.807) is 7.05 Å². The molecule has 0 aliphatic heterocycles. The topological polar surface area (TPSA) is 65.5 Å². The SMILES string of the molecule is CCCNC(=O)c1cccc(CNC(=NC)NC(C)CCC(C)(C)C)c1. The lowest BCUT2D eigenvalue weighted by molar-refractivity contribution is 0.0953. The van der Waals surface area contributed by atoms with Crippen LogP contribution in [0.3, 0.4) is 0 Å². The van der Waals surface area contributed by atoms with Crippen molar-refractivity contribution in [2.45, 2.75) is 66.5 Å². The highest BCUT2D eigenvalue weighted by Gasteiger charge is 2.13. The van der Waals surface area contributed by atoms with Crippen molar-refractivity contribution < 1.29 is 4.79 Å². The van der Waals surface area contributed by atoms with Gasteiger partial charge in [0.05, 0.1) is 0 Å². The summed E-state index contributed by atoms with van der Waals surface area (Å²) in [4.78, 5) is 16.4. The molecule has 0 saturated heterocycles. The van der Waals surface area contributed by atoms with Gasteiger partial charge in [-0.3, -0.25) is 9.79 Å². The first-order valence-corrected chi connectivity index (χ1v) is 9.59. The molecule has 5 nitrogen and oxygen atoms in total. The van der Waals surface area contributed by atoms with Crippen molar-refractivity contribution in [1.29, 1.82) is 0 Å². The maximum absolute atomic E-state index is 12.1. The Balaban J connectivity index is 2.54. The molecule has 0 radical (unpaired) electrons. The van der Waals surface area contributed by atoms with Crippen LogP contribution in [0.1, 0.15) is 69.8 Å². The fourth-order valence-electron chi connectivity index (χ4n) is 2.50. The monoisotopic (exact) mass is 360 g/mol. The van der Waals surface area contributed by atoms with E-state index in [-0.39, 0.29) is 5.91 Å². The molecule has 3 N–H and O–H groups in total. The van der Waals surface area contributed by atoms with Crippen molar-refractivity contribution in [3.05, 3.63) is 35.4 Å². The Morgan fingerprint density at radius 2 is 1.96 bits per heavy atom. The predicted octanol–water partition coefficient (Wildman–Crippen LogP) is 3.71. The van der Waals surface area contributed by atoms with Crippen molar-refractivity contribution in [3.63, 3.8) is 0 Å². The van der Waals surface area contributed by atoms with Crippen LogP contribution in [0.2, 0.25) is 0 Å². The molecule has 0 fully saturated rings. The van der Waals surface area contributed by atoms with E-state index in [2.05, 4.69) is 48.6 Å². The van der Waals surface area contributed by atoms with Gasteiger partial charge in [0.15, 0.2) is 5.96 Å². The van der Waals surface area contributed by atoms with Gasteiger partial charge < -0.3 is 16.0 Å². The number of carbonyl (C=O) groups is 1. The van der Waals surface area contributed by atoms with E-state index >= 15 is 0 Å². The second-order valence-corrected chi connectivity index (χ2v) is 8.03. The Hall–Kier alpha value is -2.04. The maximum atomic E-state index is 12.1. The average Bonchev–Trinajstić information content (AvgIpc) is 2.61. The van der Waals surface area contributed by atoms with Crippen molar-refractivity contribution in [2.24, 2.45) is 10.4 Å². The van der Waals surface area contributed by atoms with Gasteiger partial charge in [0, 0.05) is 31.7 Å². The molecule has 0 saturated carbocycles. The molecule has 0 aliphatic rings. The van der Waals surface area contributed by atoms with Gasteiger partial charge in [-0.15, -0.1) is 0 Å². The molecule has 0 aliphatic carbocycles. The number of carbonyl (C=O) groups excluding carboxylic acids is 1. The summed E-state index contributed by atoms with van der Waals surface area (Å²) >= 11 is 0. The minimum atomic E-state index is -0.0213. The maximum Gasteiger partial charge on any atom is 0.251 e. The zero-order valence-corrected chi connectivity index (χ0v) is 17.3. The van der Waals surface area contributed by atoms with E-state index < -0.39 is 0 Å². The third-order valence-corrected chi connectivity index (χ3v) is 4.12. The summed E-state index contributed by atoms with van der Waals surface area (Å²) < 4.78 is 0. The lowest BCUT2D eigenvalue weighted by atomic mass is 9.89. The molecule has 1 unspecified atom stereocenters. The van der Waals surface area contributed by atoms with E-state index in [1.165, 1.54) is 0 Å². The number of benzene rings is 1. The second-order valence-electron chi connectivity index (χ2n) is 8.03. The van der Waals surface area contributed by atoms with Gasteiger partial charge in [0.2, 0.25) is 0 Å². The molecule has 5 heteroatoms. The molecule has 0 bridgehead atoms. The van der Waals surface area contributed by atoms with Crippen LogP contribution in [0, 0.1) is 5.41 Å². The van der Waals surface area contributed by atoms with Gasteiger partial charge in [-0.2, -0.15) is 0 Å². The number of nitrogens with one attached hydrogen (secondary N) is 3. The smallest absolute Gasteiger partial charge is 0.251 e. The van der Waals surface area contributed by atoms with Gasteiger partial charge in [-0.05, 0) is 49.3 Å². The molecular weight excluding hydrogens is 324 g/mol. The molecular formula is C21H36N4O. The quantitative estimate of drug-likeness (QED) is 0.489. The standard InChI is InChI=1S/C21H36N4O/c1-7-13-23-19(26)18-10-8-9-17(14-18)15-24-20(22-6)25-16(2)11-12-21(3,4)5/h8-10,14,16H,7,11-13,15H2,1-6H3,(H,23,26)(H2,22,24,25). The van der Waals surface area contributed by atoms with Gasteiger partial charge in [-0.1, -0.05) is 39.8 Å². The predicted molar refractivity (Wildman–Crippen MR) is 111 cm³/mol. The van der Waals surface area contributed by atoms with Crippen LogP contribution in [0.25, 0.3) is 0 Å². The van der Waals surface area contributed by atoms with Crippen molar-refractivity contribution in [2.75, 3.05) is 13.6 Å². The van der Waals surface area contributed by atoms with Gasteiger partial charge in [-0.25, -0.2) is 0 Å². The summed E-state index contributed by atoms with van der Waals surface area (Å²) in [5.74, 6) is 0.763. The van der Waals surface area contributed by atoms with Crippen LogP contribution in [-0.4, -0.2) is 31.5 Å². The fourth-order valence-corrected chi connectivity index (χ4v) is 2.50. The first-order valence-electron chi connectivity index (χ1n) is 9.59. The summed E-state index contributed by atoms with van der Waals surface area (Å²) in [6.07, 6.45) is 3.19. The largest absolute Gasteiger partial charge is 0.354 e. The van der Waals surface area contributed by atoms with Crippen molar-refractivity contribution in [1.82, 2.24) is 16.0 Å². The minimum Gasteiger partial charge on any atom is -0.354 e. The zero-order chi connectivity index (χ0) is 19.6. The third-order valence-electron chi connectivity index (χ3n) is 4.12. The summed E-state index contributed by atoms with van der Waals surface area (Å²) in [6, 6.07) is 8.05. The molecule has 0 spiro atoms. The van der Waals surface area contributed by atoms with Crippen LogP contribution in [0.4, 0.5) is 0 Å². The van der Waals surface area contributed by atoms with E-state index in [4.69, 9.17) is 0 Å². The van der Waals surface area contributed by atoms with Crippen LogP contribution >= 0.6 is 0 Å². The van der Waals surface area contributed by atoms with E-state index in [0.717, 1.165) is 30.8 Å². The van der Waals surface area contributed by atoms with Gasteiger partial charge in [0.25, 0.3) is 5.91 Å². The molecule has 0 heterocycles. The Labute approximate surface area is 159 Å². The number of rotatable bonds is 8. The summed E-state index contributed by atoms with van der Waals surface area (Å²) in [6.45, 7) is 12.3. The fraction of sp³-hybridized carbons (Fsp3) is 0.619. The number of hydrogen-bond acceptors (Lipinski definition) is 2. The highest BCUT2D eigenvalue weighted by Crippen LogP contribution is 2.21. The minimum absolute atomic E-state index is 0.0213. The lowest BCUT2D eigenvalue weighted by Gasteiger charge is -2.23. The molecule has 1 atom stereocenters. The second kappa shape index (κ2) is 10.8. The summed E-state index contributed by atoms with van der Waals surface area (Å²) in [5.41, 5.74) is 2.09.